The minimum absolute atomic E-state index is 0. The molecule has 1 aromatic rings. The van der Waals surface area contributed by atoms with E-state index in [0.717, 1.165) is 38.4 Å². The van der Waals surface area contributed by atoms with Gasteiger partial charge in [0.1, 0.15) is 6.10 Å². The predicted molar refractivity (Wildman–Crippen MR) is 123 cm³/mol. The number of rotatable bonds is 7. The second kappa shape index (κ2) is 13.0. The van der Waals surface area contributed by atoms with Crippen LogP contribution in [0.2, 0.25) is 0 Å². The average Bonchev–Trinajstić information content (AvgIpc) is 2.66. The van der Waals surface area contributed by atoms with Crippen LogP contribution in [0.15, 0.2) is 23.2 Å². The van der Waals surface area contributed by atoms with Gasteiger partial charge in [-0.3, -0.25) is 9.79 Å². The number of hydrogen-bond donors (Lipinski definition) is 1. The quantitative estimate of drug-likeness (QED) is 0.203. The maximum absolute atomic E-state index is 11.2. The van der Waals surface area contributed by atoms with E-state index in [2.05, 4.69) is 53.9 Å². The molecule has 1 unspecified atom stereocenters. The fourth-order valence-corrected chi connectivity index (χ4v) is 3.31. The third-order valence-electron chi connectivity index (χ3n) is 4.75. The molecule has 0 aromatic heterocycles. The van der Waals surface area contributed by atoms with Crippen LogP contribution in [0.3, 0.4) is 0 Å². The van der Waals surface area contributed by atoms with E-state index in [1.165, 1.54) is 23.8 Å². The second-order valence-corrected chi connectivity index (χ2v) is 6.93. The Morgan fingerprint density at radius 2 is 2.14 bits per heavy atom. The number of morpholine rings is 1. The van der Waals surface area contributed by atoms with Gasteiger partial charge in [-0.15, -0.1) is 24.0 Å². The summed E-state index contributed by atoms with van der Waals surface area (Å²) in [5.41, 5.74) is 3.79. The monoisotopic (exact) mass is 503 g/mol. The summed E-state index contributed by atoms with van der Waals surface area (Å²) < 4.78 is 10.7. The third-order valence-corrected chi connectivity index (χ3v) is 4.75. The summed E-state index contributed by atoms with van der Waals surface area (Å²) in [7, 11) is 1.42. The fourth-order valence-electron chi connectivity index (χ4n) is 3.31. The molecule has 158 valence electrons. The fraction of sp³-hybridized carbons (Fsp3) is 0.619. The number of benzene rings is 1. The molecule has 7 heteroatoms. The number of halogens is 1. The van der Waals surface area contributed by atoms with Gasteiger partial charge in [-0.1, -0.05) is 23.8 Å². The first-order valence-corrected chi connectivity index (χ1v) is 9.84. The molecule has 0 bridgehead atoms. The summed E-state index contributed by atoms with van der Waals surface area (Å²) in [6.45, 7) is 10.2. The van der Waals surface area contributed by atoms with Crippen molar-refractivity contribution in [3.8, 4) is 0 Å². The van der Waals surface area contributed by atoms with E-state index < -0.39 is 0 Å². The van der Waals surface area contributed by atoms with E-state index in [4.69, 9.17) is 9.73 Å². The summed E-state index contributed by atoms with van der Waals surface area (Å²) in [6, 6.07) is 6.53. The molecule has 1 atom stereocenters. The highest BCUT2D eigenvalue weighted by Gasteiger charge is 2.25. The molecule has 28 heavy (non-hydrogen) atoms. The predicted octanol–water partition coefficient (Wildman–Crippen LogP) is 3.60. The Labute approximate surface area is 186 Å². The highest BCUT2D eigenvalue weighted by Crippen LogP contribution is 2.25. The van der Waals surface area contributed by atoms with Crippen LogP contribution in [0.1, 0.15) is 49.0 Å². The van der Waals surface area contributed by atoms with Gasteiger partial charge in [0.05, 0.1) is 20.3 Å². The van der Waals surface area contributed by atoms with Crippen molar-refractivity contribution in [2.24, 2.45) is 4.99 Å². The number of carbonyl (C=O) groups is 1. The molecule has 1 aliphatic rings. The lowest BCUT2D eigenvalue weighted by Crippen LogP contribution is -2.48. The summed E-state index contributed by atoms with van der Waals surface area (Å²) >= 11 is 0. The van der Waals surface area contributed by atoms with Crippen molar-refractivity contribution in [2.75, 3.05) is 39.9 Å². The van der Waals surface area contributed by atoms with Gasteiger partial charge < -0.3 is 19.7 Å². The Morgan fingerprint density at radius 1 is 1.36 bits per heavy atom. The first-order valence-electron chi connectivity index (χ1n) is 9.84. The van der Waals surface area contributed by atoms with E-state index >= 15 is 0 Å². The summed E-state index contributed by atoms with van der Waals surface area (Å²) in [5.74, 6) is 0.768. The number of aliphatic imine (C=N–C) groups is 1. The molecule has 0 saturated carbocycles. The maximum atomic E-state index is 11.2. The molecular formula is C21H34IN3O3. The topological polar surface area (TPSA) is 63.2 Å². The van der Waals surface area contributed by atoms with Gasteiger partial charge in [0.15, 0.2) is 5.96 Å². The Balaban J connectivity index is 0.00000392. The van der Waals surface area contributed by atoms with Gasteiger partial charge >= 0.3 is 5.97 Å². The van der Waals surface area contributed by atoms with Crippen molar-refractivity contribution in [1.29, 1.82) is 0 Å². The van der Waals surface area contributed by atoms with Crippen molar-refractivity contribution >= 4 is 35.9 Å². The Kier molecular flexibility index (Phi) is 11.4. The Hall–Kier alpha value is -1.35. The maximum Gasteiger partial charge on any atom is 0.305 e. The van der Waals surface area contributed by atoms with Crippen LogP contribution in [0.4, 0.5) is 0 Å². The number of hydrogen-bond acceptors (Lipinski definition) is 4. The van der Waals surface area contributed by atoms with Crippen molar-refractivity contribution in [1.82, 2.24) is 10.2 Å². The number of ether oxygens (including phenoxy) is 2. The van der Waals surface area contributed by atoms with Crippen LogP contribution in [0, 0.1) is 13.8 Å². The van der Waals surface area contributed by atoms with Gasteiger partial charge in [-0.25, -0.2) is 0 Å². The number of nitrogens with zero attached hydrogens (tertiary/aromatic N) is 2. The SMILES string of the molecule is CCNC(=NCCCCC(=O)OC)N1CCOC(c2ccc(C)cc2C)C1.I. The molecule has 6 nitrogen and oxygen atoms in total. The zero-order valence-corrected chi connectivity index (χ0v) is 19.8. The number of carbonyl (C=O) groups excluding carboxylic acids is 1. The largest absolute Gasteiger partial charge is 0.469 e. The van der Waals surface area contributed by atoms with Gasteiger partial charge in [-0.05, 0) is 44.7 Å². The molecule has 1 aromatic carbocycles. The number of aryl methyl sites for hydroxylation is 2. The van der Waals surface area contributed by atoms with Crippen LogP contribution in [0.25, 0.3) is 0 Å². The van der Waals surface area contributed by atoms with Crippen molar-refractivity contribution in [2.45, 2.75) is 46.1 Å². The van der Waals surface area contributed by atoms with Gasteiger partial charge in [0.25, 0.3) is 0 Å². The molecule has 1 fully saturated rings. The molecule has 0 amide bonds. The molecule has 1 heterocycles. The van der Waals surface area contributed by atoms with E-state index in [9.17, 15) is 4.79 Å². The minimum atomic E-state index is -0.157. The molecule has 2 rings (SSSR count). The Bertz CT molecular complexity index is 652. The van der Waals surface area contributed by atoms with Gasteiger partial charge in [0, 0.05) is 26.1 Å². The van der Waals surface area contributed by atoms with Crippen molar-refractivity contribution < 1.29 is 14.3 Å². The lowest BCUT2D eigenvalue weighted by atomic mass is 10.00. The standard InChI is InChI=1S/C21H33N3O3.HI/c1-5-22-21(23-11-7-6-8-20(25)26-4)24-12-13-27-19(15-24)18-10-9-16(2)14-17(18)3;/h9-10,14,19H,5-8,11-13,15H2,1-4H3,(H,22,23);1H. The molecule has 1 aliphatic heterocycles. The first-order chi connectivity index (χ1) is 13.0. The number of nitrogens with one attached hydrogen (secondary N) is 1. The normalized spacial score (nSPS) is 17.1. The molecule has 0 spiro atoms. The van der Waals surface area contributed by atoms with Crippen LogP contribution >= 0.6 is 24.0 Å². The van der Waals surface area contributed by atoms with Crippen LogP contribution in [-0.2, 0) is 14.3 Å². The zero-order valence-electron chi connectivity index (χ0n) is 17.5. The van der Waals surface area contributed by atoms with E-state index in [0.29, 0.717) is 19.6 Å². The summed E-state index contributed by atoms with van der Waals surface area (Å²) in [4.78, 5) is 18.2. The van der Waals surface area contributed by atoms with E-state index in [1.54, 1.807) is 0 Å². The van der Waals surface area contributed by atoms with Crippen LogP contribution < -0.4 is 5.32 Å². The first kappa shape index (κ1) is 24.7. The molecule has 0 aliphatic carbocycles. The molecule has 1 N–H and O–H groups in total. The van der Waals surface area contributed by atoms with Crippen molar-refractivity contribution in [3.63, 3.8) is 0 Å². The smallest absolute Gasteiger partial charge is 0.305 e. The van der Waals surface area contributed by atoms with Gasteiger partial charge in [0.2, 0.25) is 0 Å². The molecule has 0 radical (unpaired) electrons. The van der Waals surface area contributed by atoms with Crippen molar-refractivity contribution in [3.05, 3.63) is 34.9 Å². The van der Waals surface area contributed by atoms with Crippen LogP contribution in [-0.4, -0.2) is 56.7 Å². The molecular weight excluding hydrogens is 469 g/mol. The Morgan fingerprint density at radius 3 is 2.82 bits per heavy atom. The summed E-state index contributed by atoms with van der Waals surface area (Å²) in [5, 5.41) is 3.39. The summed E-state index contributed by atoms with van der Waals surface area (Å²) in [6.07, 6.45) is 2.18. The highest BCUT2D eigenvalue weighted by atomic mass is 127. The highest BCUT2D eigenvalue weighted by molar-refractivity contribution is 14.0. The van der Waals surface area contributed by atoms with E-state index in [-0.39, 0.29) is 36.0 Å². The van der Waals surface area contributed by atoms with E-state index in [1.807, 2.05) is 0 Å². The second-order valence-electron chi connectivity index (χ2n) is 6.93. The number of unbranched alkanes of at least 4 members (excludes halogenated alkanes) is 1. The minimum Gasteiger partial charge on any atom is -0.469 e. The zero-order chi connectivity index (χ0) is 19.6. The average molecular weight is 503 g/mol. The van der Waals surface area contributed by atoms with Gasteiger partial charge in [-0.2, -0.15) is 0 Å². The molecule has 1 saturated heterocycles. The van der Waals surface area contributed by atoms with Crippen LogP contribution in [0.5, 0.6) is 0 Å². The number of guanidine groups is 1. The lowest BCUT2D eigenvalue weighted by molar-refractivity contribution is -0.140. The lowest BCUT2D eigenvalue weighted by Gasteiger charge is -2.36. The third kappa shape index (κ3) is 7.58. The number of esters is 1. The number of methoxy groups -OCH3 is 1.